The van der Waals surface area contributed by atoms with E-state index in [-0.39, 0.29) is 30.7 Å². The molecule has 1 heterocycles. The van der Waals surface area contributed by atoms with Gasteiger partial charge in [-0.1, -0.05) is 65.9 Å². The van der Waals surface area contributed by atoms with Gasteiger partial charge in [-0.05, 0) is 59.2 Å². The van der Waals surface area contributed by atoms with Gasteiger partial charge in [0.05, 0.1) is 16.5 Å². The second-order valence-corrected chi connectivity index (χ2v) is 9.09. The fourth-order valence-electron chi connectivity index (χ4n) is 3.07. The van der Waals surface area contributed by atoms with E-state index in [0.717, 1.165) is 11.1 Å². The molecule has 1 amide bonds. The molecular weight excluding hydrogens is 472 g/mol. The molecule has 1 aliphatic rings. The van der Waals surface area contributed by atoms with Gasteiger partial charge in [0, 0.05) is 0 Å². The number of thioether (sulfide) groups is 1. The molecule has 0 spiro atoms. The predicted octanol–water partition coefficient (Wildman–Crippen LogP) is 6.60. The van der Waals surface area contributed by atoms with Gasteiger partial charge in [0.25, 0.3) is 5.91 Å². The fourth-order valence-corrected chi connectivity index (χ4v) is 4.57. The van der Waals surface area contributed by atoms with Gasteiger partial charge in [0.2, 0.25) is 0 Å². The summed E-state index contributed by atoms with van der Waals surface area (Å²) in [7, 11) is 0. The summed E-state index contributed by atoms with van der Waals surface area (Å²) >= 11 is 12.9. The molecule has 162 valence electrons. The van der Waals surface area contributed by atoms with Gasteiger partial charge in [-0.25, -0.2) is 8.78 Å². The number of halogens is 3. The van der Waals surface area contributed by atoms with Crippen molar-refractivity contribution in [2.24, 2.45) is 0 Å². The third-order valence-corrected chi connectivity index (χ3v) is 6.34. The Morgan fingerprint density at radius 1 is 1.00 bits per heavy atom. The highest BCUT2D eigenvalue weighted by Gasteiger charge is 2.32. The predicted molar refractivity (Wildman–Crippen MR) is 127 cm³/mol. The van der Waals surface area contributed by atoms with E-state index in [4.69, 9.17) is 28.6 Å². The highest BCUT2D eigenvalue weighted by molar-refractivity contribution is 8.26. The smallest absolute Gasteiger partial charge is 0.266 e. The zero-order chi connectivity index (χ0) is 22.7. The van der Waals surface area contributed by atoms with Crippen molar-refractivity contribution in [1.29, 1.82) is 0 Å². The zero-order valence-corrected chi connectivity index (χ0v) is 18.9. The van der Waals surface area contributed by atoms with Gasteiger partial charge in [-0.15, -0.1) is 0 Å². The molecule has 3 aromatic rings. The second kappa shape index (κ2) is 9.81. The number of benzene rings is 3. The Bertz CT molecular complexity index is 1210. The molecule has 0 radical (unpaired) electrons. The monoisotopic (exact) mass is 487 g/mol. The molecule has 0 aromatic heterocycles. The zero-order valence-electron chi connectivity index (χ0n) is 16.6. The maximum absolute atomic E-state index is 13.3. The molecule has 0 atom stereocenters. The highest BCUT2D eigenvalue weighted by atomic mass is 35.5. The van der Waals surface area contributed by atoms with Gasteiger partial charge in [0.15, 0.2) is 0 Å². The molecule has 0 unspecified atom stereocenters. The Morgan fingerprint density at radius 2 is 1.78 bits per heavy atom. The Hall–Kier alpha value is -2.74. The molecule has 3 aromatic carbocycles. The lowest BCUT2D eigenvalue weighted by Crippen LogP contribution is -2.27. The molecule has 0 aliphatic carbocycles. The topological polar surface area (TPSA) is 29.5 Å². The number of hydrogen-bond acceptors (Lipinski definition) is 4. The first-order chi connectivity index (χ1) is 15.4. The van der Waals surface area contributed by atoms with Crippen LogP contribution in [0.15, 0.2) is 71.6 Å². The molecule has 3 nitrogen and oxygen atoms in total. The van der Waals surface area contributed by atoms with Crippen molar-refractivity contribution < 1.29 is 18.3 Å². The largest absolute Gasteiger partial charge is 0.487 e. The van der Waals surface area contributed by atoms with E-state index in [0.29, 0.717) is 25.6 Å². The number of thiocarbonyl (C=S) groups is 1. The van der Waals surface area contributed by atoms with Crippen LogP contribution >= 0.6 is 35.6 Å². The summed E-state index contributed by atoms with van der Waals surface area (Å²) in [5, 5.41) is 0.372. The van der Waals surface area contributed by atoms with Crippen molar-refractivity contribution >= 4 is 51.9 Å². The maximum Gasteiger partial charge on any atom is 0.266 e. The number of amides is 1. The molecule has 1 saturated heterocycles. The van der Waals surface area contributed by atoms with Crippen LogP contribution in [0.3, 0.4) is 0 Å². The molecule has 8 heteroatoms. The number of carbonyl (C=O) groups excluding carboxylic acids is 1. The van der Waals surface area contributed by atoms with Crippen molar-refractivity contribution in [2.75, 3.05) is 0 Å². The lowest BCUT2D eigenvalue weighted by atomic mass is 10.2. The molecular formula is C24H16ClF2NO2S2. The van der Waals surface area contributed by atoms with E-state index in [9.17, 15) is 13.6 Å². The molecule has 4 rings (SSSR count). The van der Waals surface area contributed by atoms with Crippen LogP contribution in [0, 0.1) is 11.6 Å². The van der Waals surface area contributed by atoms with E-state index in [1.54, 1.807) is 48.5 Å². The minimum Gasteiger partial charge on any atom is -0.487 e. The summed E-state index contributed by atoms with van der Waals surface area (Å²) in [6.45, 7) is 0.453. The van der Waals surface area contributed by atoms with Crippen molar-refractivity contribution in [3.63, 3.8) is 0 Å². The summed E-state index contributed by atoms with van der Waals surface area (Å²) in [6, 6.07) is 17.3. The Balaban J connectivity index is 1.45. The third-order valence-electron chi connectivity index (χ3n) is 4.66. The Labute approximate surface area is 198 Å². The van der Waals surface area contributed by atoms with Crippen LogP contribution in [0.2, 0.25) is 5.02 Å². The van der Waals surface area contributed by atoms with E-state index in [1.807, 2.05) is 0 Å². The number of ether oxygens (including phenoxy) is 1. The van der Waals surface area contributed by atoms with Crippen LogP contribution in [0.5, 0.6) is 5.75 Å². The Morgan fingerprint density at radius 3 is 2.50 bits per heavy atom. The van der Waals surface area contributed by atoms with Crippen LogP contribution < -0.4 is 4.74 Å². The van der Waals surface area contributed by atoms with E-state index in [1.165, 1.54) is 40.9 Å². The molecule has 0 N–H and O–H groups in total. The summed E-state index contributed by atoms with van der Waals surface area (Å²) < 4.78 is 32.5. The quantitative estimate of drug-likeness (QED) is 0.289. The number of nitrogens with zero attached hydrogens (tertiary/aromatic N) is 1. The first kappa shape index (κ1) is 22.5. The second-order valence-electron chi connectivity index (χ2n) is 7.00. The standard InChI is InChI=1S/C24H16ClF2NO2S2/c25-20-11-16(6-9-21(20)30-14-17-2-1-3-19(27)10-17)12-22-23(29)28(24(31)32-22)13-15-4-7-18(26)8-5-15/h1-12H,13-14H2. The maximum atomic E-state index is 13.3. The summed E-state index contributed by atoms with van der Waals surface area (Å²) in [4.78, 5) is 14.8. The Kier molecular flexibility index (Phi) is 6.89. The fraction of sp³-hybridized carbons (Fsp3) is 0.0833. The lowest BCUT2D eigenvalue weighted by molar-refractivity contribution is -0.122. The first-order valence-corrected chi connectivity index (χ1v) is 11.2. The van der Waals surface area contributed by atoms with Crippen LogP contribution in [-0.4, -0.2) is 15.1 Å². The summed E-state index contributed by atoms with van der Waals surface area (Å²) in [5.41, 5.74) is 2.19. The molecule has 0 bridgehead atoms. The van der Waals surface area contributed by atoms with Crippen LogP contribution in [0.25, 0.3) is 6.08 Å². The van der Waals surface area contributed by atoms with Gasteiger partial charge in [-0.2, -0.15) is 0 Å². The van der Waals surface area contributed by atoms with E-state index in [2.05, 4.69) is 0 Å². The molecule has 0 saturated carbocycles. The summed E-state index contributed by atoms with van der Waals surface area (Å²) in [5.74, 6) is -0.424. The van der Waals surface area contributed by atoms with E-state index < -0.39 is 0 Å². The third kappa shape index (κ3) is 5.35. The van der Waals surface area contributed by atoms with Crippen molar-refractivity contribution in [3.05, 3.63) is 105 Å². The van der Waals surface area contributed by atoms with Gasteiger partial charge in [0.1, 0.15) is 28.3 Å². The first-order valence-electron chi connectivity index (χ1n) is 9.55. The van der Waals surface area contributed by atoms with Gasteiger partial charge < -0.3 is 4.74 Å². The lowest BCUT2D eigenvalue weighted by Gasteiger charge is -2.14. The SMILES string of the molecule is O=C1C(=Cc2ccc(OCc3cccc(F)c3)c(Cl)c2)SC(=S)N1Cc1ccc(F)cc1. The normalized spacial score (nSPS) is 15.0. The van der Waals surface area contributed by atoms with Crippen molar-refractivity contribution in [3.8, 4) is 5.75 Å². The van der Waals surface area contributed by atoms with Gasteiger partial charge in [-0.3, -0.25) is 9.69 Å². The average Bonchev–Trinajstić information content (AvgIpc) is 3.02. The van der Waals surface area contributed by atoms with E-state index >= 15 is 0 Å². The molecule has 1 fully saturated rings. The average molecular weight is 488 g/mol. The molecule has 1 aliphatic heterocycles. The van der Waals surface area contributed by atoms with Gasteiger partial charge >= 0.3 is 0 Å². The minimum absolute atomic E-state index is 0.179. The number of hydrogen-bond donors (Lipinski definition) is 0. The van der Waals surface area contributed by atoms with Crippen molar-refractivity contribution in [2.45, 2.75) is 13.2 Å². The van der Waals surface area contributed by atoms with Crippen LogP contribution in [0.1, 0.15) is 16.7 Å². The van der Waals surface area contributed by atoms with Crippen molar-refractivity contribution in [1.82, 2.24) is 4.90 Å². The minimum atomic E-state index is -0.334. The van der Waals surface area contributed by atoms with Crippen LogP contribution in [0.4, 0.5) is 8.78 Å². The van der Waals surface area contributed by atoms with Crippen LogP contribution in [-0.2, 0) is 17.9 Å². The highest BCUT2D eigenvalue weighted by Crippen LogP contribution is 2.35. The summed E-state index contributed by atoms with van der Waals surface area (Å²) in [6.07, 6.45) is 1.71. The number of carbonyl (C=O) groups is 1. The molecule has 32 heavy (non-hydrogen) atoms. The number of rotatable bonds is 6.